The predicted octanol–water partition coefficient (Wildman–Crippen LogP) is 1.19. The van der Waals surface area contributed by atoms with Crippen molar-refractivity contribution in [3.05, 3.63) is 41.7 Å². The summed E-state index contributed by atoms with van der Waals surface area (Å²) in [6.07, 6.45) is 5.43. The second-order valence-corrected chi connectivity index (χ2v) is 8.58. The molecule has 1 saturated heterocycles. The lowest BCUT2D eigenvalue weighted by molar-refractivity contribution is -0.124. The molecule has 1 aromatic carbocycles. The van der Waals surface area contributed by atoms with Crippen molar-refractivity contribution in [3.63, 3.8) is 0 Å². The monoisotopic (exact) mass is 394 g/mol. The molecule has 4 rings (SSSR count). The van der Waals surface area contributed by atoms with Crippen LogP contribution in [0.1, 0.15) is 44.4 Å². The van der Waals surface area contributed by atoms with Gasteiger partial charge in [0, 0.05) is 12.5 Å². The SMILES string of the molecule is CC(C)(O)c1cn(-c2ccc(C[C@@H](C#N)NC(=O)[C@H]3N[C@@H]4CC[C@H]3C4)cc2)nn1. The van der Waals surface area contributed by atoms with E-state index in [2.05, 4.69) is 27.0 Å². The van der Waals surface area contributed by atoms with E-state index in [-0.39, 0.29) is 11.9 Å². The molecule has 2 aliphatic rings. The maximum atomic E-state index is 12.6. The number of carbonyl (C=O) groups is 1. The molecule has 3 N–H and O–H groups in total. The number of nitrogens with zero attached hydrogens (tertiary/aromatic N) is 4. The zero-order valence-electron chi connectivity index (χ0n) is 16.7. The minimum atomic E-state index is -1.05. The molecule has 2 bridgehead atoms. The number of carbonyl (C=O) groups excluding carboxylic acids is 1. The smallest absolute Gasteiger partial charge is 0.238 e. The number of piperidine rings is 1. The average molecular weight is 394 g/mol. The van der Waals surface area contributed by atoms with Gasteiger partial charge in [-0.15, -0.1) is 5.10 Å². The zero-order chi connectivity index (χ0) is 20.6. The Morgan fingerprint density at radius 2 is 2.17 bits per heavy atom. The van der Waals surface area contributed by atoms with Crippen LogP contribution in [0, 0.1) is 17.2 Å². The zero-order valence-corrected chi connectivity index (χ0v) is 16.7. The summed E-state index contributed by atoms with van der Waals surface area (Å²) < 4.78 is 1.60. The summed E-state index contributed by atoms with van der Waals surface area (Å²) in [6, 6.07) is 9.51. The van der Waals surface area contributed by atoms with Crippen LogP contribution in [0.25, 0.3) is 5.69 Å². The van der Waals surface area contributed by atoms with Crippen LogP contribution in [0.3, 0.4) is 0 Å². The minimum absolute atomic E-state index is 0.0675. The van der Waals surface area contributed by atoms with E-state index in [1.807, 2.05) is 24.3 Å². The van der Waals surface area contributed by atoms with Gasteiger partial charge >= 0.3 is 0 Å². The quantitative estimate of drug-likeness (QED) is 0.678. The number of benzene rings is 1. The highest BCUT2D eigenvalue weighted by molar-refractivity contribution is 5.83. The number of amides is 1. The molecule has 1 saturated carbocycles. The summed E-state index contributed by atoms with van der Waals surface area (Å²) in [4.78, 5) is 12.6. The molecule has 2 fully saturated rings. The molecule has 2 aromatic rings. The van der Waals surface area contributed by atoms with Gasteiger partial charge in [0.25, 0.3) is 0 Å². The van der Waals surface area contributed by atoms with E-state index in [1.165, 1.54) is 0 Å². The van der Waals surface area contributed by atoms with Crippen molar-refractivity contribution in [1.29, 1.82) is 5.26 Å². The highest BCUT2D eigenvalue weighted by atomic mass is 16.3. The minimum Gasteiger partial charge on any atom is -0.384 e. The van der Waals surface area contributed by atoms with Gasteiger partial charge < -0.3 is 15.7 Å². The molecule has 29 heavy (non-hydrogen) atoms. The van der Waals surface area contributed by atoms with Crippen LogP contribution < -0.4 is 10.6 Å². The summed E-state index contributed by atoms with van der Waals surface area (Å²) in [5.74, 6) is 0.331. The third kappa shape index (κ3) is 4.16. The first kappa shape index (κ1) is 19.6. The van der Waals surface area contributed by atoms with Gasteiger partial charge in [-0.3, -0.25) is 4.79 Å². The molecule has 1 amide bonds. The standard InChI is InChI=1S/C21H26N6O2/c1-21(2,29)18-12-27(26-25-18)17-7-3-13(4-8-17)9-16(11-22)24-20(28)19-14-5-6-15(10-14)23-19/h3-4,7-8,12,14-16,19,23,29H,5-6,9-10H2,1-2H3,(H,24,28)/t14-,15+,16-,19-/m0/s1. The van der Waals surface area contributed by atoms with Crippen LogP contribution in [0.2, 0.25) is 0 Å². The highest BCUT2D eigenvalue weighted by Gasteiger charge is 2.43. The van der Waals surface area contributed by atoms with E-state index < -0.39 is 11.6 Å². The summed E-state index contributed by atoms with van der Waals surface area (Å²) in [6.45, 7) is 3.32. The predicted molar refractivity (Wildman–Crippen MR) is 106 cm³/mol. The van der Waals surface area contributed by atoms with Crippen molar-refractivity contribution in [1.82, 2.24) is 25.6 Å². The number of hydrogen-bond donors (Lipinski definition) is 3. The van der Waals surface area contributed by atoms with E-state index in [9.17, 15) is 15.2 Å². The fourth-order valence-electron chi connectivity index (χ4n) is 4.23. The van der Waals surface area contributed by atoms with Crippen molar-refractivity contribution in [3.8, 4) is 11.8 Å². The Kier molecular flexibility index (Phi) is 5.11. The molecule has 1 aromatic heterocycles. The molecule has 1 aliphatic heterocycles. The fourth-order valence-corrected chi connectivity index (χ4v) is 4.23. The Bertz CT molecular complexity index is 924. The van der Waals surface area contributed by atoms with Crippen LogP contribution in [0.4, 0.5) is 0 Å². The summed E-state index contributed by atoms with van der Waals surface area (Å²) in [5, 5.41) is 33.8. The Morgan fingerprint density at radius 3 is 2.72 bits per heavy atom. The summed E-state index contributed by atoms with van der Waals surface area (Å²) in [5.41, 5.74) is 1.19. The van der Waals surface area contributed by atoms with E-state index in [4.69, 9.17) is 0 Å². The Hall–Kier alpha value is -2.76. The highest BCUT2D eigenvalue weighted by Crippen LogP contribution is 2.35. The average Bonchev–Trinajstić information content (AvgIpc) is 3.44. The normalized spacial score (nSPS) is 24.3. The lowest BCUT2D eigenvalue weighted by atomic mass is 9.98. The van der Waals surface area contributed by atoms with Gasteiger partial charge in [-0.1, -0.05) is 17.3 Å². The topological polar surface area (TPSA) is 116 Å². The van der Waals surface area contributed by atoms with E-state index in [0.29, 0.717) is 24.1 Å². The Labute approximate surface area is 169 Å². The van der Waals surface area contributed by atoms with E-state index >= 15 is 0 Å². The van der Waals surface area contributed by atoms with Gasteiger partial charge in [0.05, 0.1) is 24.0 Å². The lowest BCUT2D eigenvalue weighted by Gasteiger charge is -2.23. The van der Waals surface area contributed by atoms with Gasteiger partial charge in [-0.2, -0.15) is 5.26 Å². The largest absolute Gasteiger partial charge is 0.384 e. The van der Waals surface area contributed by atoms with Crippen LogP contribution in [0.15, 0.2) is 30.5 Å². The number of hydrogen-bond acceptors (Lipinski definition) is 6. The maximum absolute atomic E-state index is 12.6. The second kappa shape index (κ2) is 7.58. The van der Waals surface area contributed by atoms with Crippen molar-refractivity contribution in [2.75, 3.05) is 0 Å². The molecule has 0 radical (unpaired) electrons. The van der Waals surface area contributed by atoms with Crippen LogP contribution in [-0.4, -0.2) is 44.1 Å². The fraction of sp³-hybridized carbons (Fsp3) is 0.524. The van der Waals surface area contributed by atoms with Crippen LogP contribution in [0.5, 0.6) is 0 Å². The Morgan fingerprint density at radius 1 is 1.41 bits per heavy atom. The van der Waals surface area contributed by atoms with Crippen LogP contribution in [-0.2, 0) is 16.8 Å². The van der Waals surface area contributed by atoms with Gasteiger partial charge in [-0.25, -0.2) is 4.68 Å². The summed E-state index contributed by atoms with van der Waals surface area (Å²) >= 11 is 0. The molecule has 4 atom stereocenters. The number of nitriles is 1. The van der Waals surface area contributed by atoms with Crippen molar-refractivity contribution in [2.45, 2.75) is 63.3 Å². The third-order valence-corrected chi connectivity index (χ3v) is 5.88. The number of fused-ring (bicyclic) bond motifs is 2. The number of aliphatic hydroxyl groups is 1. The third-order valence-electron chi connectivity index (χ3n) is 5.88. The molecule has 152 valence electrons. The van der Waals surface area contributed by atoms with Gasteiger partial charge in [0.15, 0.2) is 0 Å². The molecule has 0 spiro atoms. The van der Waals surface area contributed by atoms with E-state index in [1.54, 1.807) is 24.7 Å². The first-order chi connectivity index (χ1) is 13.8. The van der Waals surface area contributed by atoms with Gasteiger partial charge in [0.2, 0.25) is 5.91 Å². The lowest BCUT2D eigenvalue weighted by Crippen LogP contribution is -2.50. The van der Waals surface area contributed by atoms with Crippen LogP contribution >= 0.6 is 0 Å². The number of rotatable bonds is 6. The maximum Gasteiger partial charge on any atom is 0.238 e. The van der Waals surface area contributed by atoms with Gasteiger partial charge in [0.1, 0.15) is 17.3 Å². The first-order valence-electron chi connectivity index (χ1n) is 10.0. The van der Waals surface area contributed by atoms with Crippen molar-refractivity contribution >= 4 is 5.91 Å². The number of nitrogens with one attached hydrogen (secondary N) is 2. The molecular formula is C21H26N6O2. The first-order valence-corrected chi connectivity index (χ1v) is 10.0. The molecular weight excluding hydrogens is 368 g/mol. The Balaban J connectivity index is 1.38. The molecule has 8 nitrogen and oxygen atoms in total. The van der Waals surface area contributed by atoms with E-state index in [0.717, 1.165) is 30.5 Å². The second-order valence-electron chi connectivity index (χ2n) is 8.58. The summed E-state index contributed by atoms with van der Waals surface area (Å²) in [7, 11) is 0. The molecule has 1 aliphatic carbocycles. The molecule has 0 unspecified atom stereocenters. The molecule has 8 heteroatoms. The van der Waals surface area contributed by atoms with Crippen molar-refractivity contribution in [2.24, 2.45) is 5.92 Å². The number of aromatic nitrogens is 3. The van der Waals surface area contributed by atoms with Crippen molar-refractivity contribution < 1.29 is 9.90 Å². The van der Waals surface area contributed by atoms with Gasteiger partial charge in [-0.05, 0) is 56.7 Å². The molecule has 2 heterocycles.